The molecule has 0 spiro atoms. The van der Waals surface area contributed by atoms with Crippen LogP contribution in [0.15, 0.2) is 70.6 Å². The second-order valence-corrected chi connectivity index (χ2v) is 11.7. The van der Waals surface area contributed by atoms with Crippen molar-refractivity contribution < 1.29 is 23.1 Å². The van der Waals surface area contributed by atoms with Crippen LogP contribution in [-0.4, -0.2) is 47.3 Å². The Balaban J connectivity index is 1.26. The average Bonchev–Trinajstić information content (AvgIpc) is 3.38. The fourth-order valence-electron chi connectivity index (χ4n) is 4.47. The molecule has 0 radical (unpaired) electrons. The van der Waals surface area contributed by atoms with Gasteiger partial charge in [0.05, 0.1) is 10.4 Å². The number of rotatable bonds is 6. The van der Waals surface area contributed by atoms with Gasteiger partial charge in [0.1, 0.15) is 6.04 Å². The van der Waals surface area contributed by atoms with Gasteiger partial charge in [0.15, 0.2) is 0 Å². The molecule has 0 aliphatic carbocycles. The molecule has 35 heavy (non-hydrogen) atoms. The molecule has 3 aromatic rings. The van der Waals surface area contributed by atoms with Crippen LogP contribution in [0.5, 0.6) is 0 Å². The van der Waals surface area contributed by atoms with Gasteiger partial charge in [0.25, 0.3) is 5.91 Å². The van der Waals surface area contributed by atoms with Crippen LogP contribution in [-0.2, 0) is 14.8 Å². The first-order valence-electron chi connectivity index (χ1n) is 11.2. The van der Waals surface area contributed by atoms with Crippen LogP contribution in [0.1, 0.15) is 40.9 Å². The molecule has 0 saturated carbocycles. The Morgan fingerprint density at radius 1 is 1.20 bits per heavy atom. The minimum atomic E-state index is -3.78. The summed E-state index contributed by atoms with van der Waals surface area (Å²) in [6.45, 7) is 1.78. The number of carboxylic acid groups (broad SMARTS) is 1. The highest BCUT2D eigenvalue weighted by atomic mass is 32.2. The summed E-state index contributed by atoms with van der Waals surface area (Å²) in [7, 11) is -3.78. The predicted molar refractivity (Wildman–Crippen MR) is 135 cm³/mol. The van der Waals surface area contributed by atoms with Crippen molar-refractivity contribution in [2.24, 2.45) is 0 Å². The standard InChI is InChI=1S/C25H23N3O5S2/c1-2-20(25(30)31)28-14-22-23(35(28,32)33)13-21(34-22)15-5-8-18(9-6-15)27-24(29)17-7-10-19-16(12-17)4-3-11-26-19/h3-12,20-21H,2,13-14H2,1H3,(H,27,29)(H,30,31). The average molecular weight is 510 g/mol. The molecule has 2 N–H and O–H groups in total. The lowest BCUT2D eigenvalue weighted by Gasteiger charge is -2.24. The largest absolute Gasteiger partial charge is 0.480 e. The molecule has 8 nitrogen and oxygen atoms in total. The van der Waals surface area contributed by atoms with Gasteiger partial charge in [0, 0.05) is 46.0 Å². The monoisotopic (exact) mass is 509 g/mol. The first kappa shape index (κ1) is 23.5. The molecule has 2 aliphatic rings. The van der Waals surface area contributed by atoms with Gasteiger partial charge in [-0.05, 0) is 48.4 Å². The summed E-state index contributed by atoms with van der Waals surface area (Å²) in [5.74, 6) is -1.36. The van der Waals surface area contributed by atoms with E-state index in [2.05, 4.69) is 10.3 Å². The molecule has 0 bridgehead atoms. The van der Waals surface area contributed by atoms with Gasteiger partial charge in [0.2, 0.25) is 10.0 Å². The maximum absolute atomic E-state index is 13.0. The molecule has 0 saturated heterocycles. The molecule has 10 heteroatoms. The van der Waals surface area contributed by atoms with E-state index in [4.69, 9.17) is 0 Å². The topological polar surface area (TPSA) is 117 Å². The minimum Gasteiger partial charge on any atom is -0.480 e. The van der Waals surface area contributed by atoms with Crippen LogP contribution in [0.25, 0.3) is 10.9 Å². The van der Waals surface area contributed by atoms with E-state index in [-0.39, 0.29) is 24.1 Å². The summed E-state index contributed by atoms with van der Waals surface area (Å²) in [5.41, 5.74) is 2.94. The molecule has 180 valence electrons. The van der Waals surface area contributed by atoms with E-state index in [9.17, 15) is 23.1 Å². The van der Waals surface area contributed by atoms with E-state index in [1.165, 1.54) is 11.8 Å². The number of nitrogens with one attached hydrogen (secondary N) is 1. The Morgan fingerprint density at radius 2 is 1.97 bits per heavy atom. The molecular formula is C25H23N3O5S2. The van der Waals surface area contributed by atoms with E-state index < -0.39 is 22.0 Å². The third-order valence-electron chi connectivity index (χ3n) is 6.31. The number of fused-ring (bicyclic) bond motifs is 1. The second kappa shape index (κ2) is 9.10. The van der Waals surface area contributed by atoms with Gasteiger partial charge in [-0.3, -0.25) is 14.6 Å². The van der Waals surface area contributed by atoms with Gasteiger partial charge in [-0.1, -0.05) is 25.1 Å². The smallest absolute Gasteiger partial charge is 0.322 e. The van der Waals surface area contributed by atoms with Crippen molar-refractivity contribution in [1.82, 2.24) is 9.29 Å². The van der Waals surface area contributed by atoms with Crippen LogP contribution >= 0.6 is 11.8 Å². The van der Waals surface area contributed by atoms with Crippen LogP contribution in [0.2, 0.25) is 0 Å². The molecule has 2 aromatic carbocycles. The number of allylic oxidation sites excluding steroid dienone is 1. The maximum Gasteiger partial charge on any atom is 0.322 e. The summed E-state index contributed by atoms with van der Waals surface area (Å²) < 4.78 is 27.1. The highest BCUT2D eigenvalue weighted by molar-refractivity contribution is 8.05. The van der Waals surface area contributed by atoms with Crippen molar-refractivity contribution in [2.45, 2.75) is 31.1 Å². The van der Waals surface area contributed by atoms with E-state index in [0.717, 1.165) is 25.7 Å². The first-order chi connectivity index (χ1) is 16.8. The molecule has 1 aromatic heterocycles. The summed E-state index contributed by atoms with van der Waals surface area (Å²) in [6, 6.07) is 15.4. The normalized spacial score (nSPS) is 20.1. The summed E-state index contributed by atoms with van der Waals surface area (Å²) >= 11 is 1.47. The Hall–Kier alpha value is -3.21. The molecular weight excluding hydrogens is 486 g/mol. The second-order valence-electron chi connectivity index (χ2n) is 8.46. The van der Waals surface area contributed by atoms with Crippen molar-refractivity contribution in [3.05, 3.63) is 81.7 Å². The third kappa shape index (κ3) is 4.33. The lowest BCUT2D eigenvalue weighted by molar-refractivity contribution is -0.141. The zero-order valence-electron chi connectivity index (χ0n) is 18.8. The lowest BCUT2D eigenvalue weighted by atomic mass is 10.1. The maximum atomic E-state index is 13.0. The van der Waals surface area contributed by atoms with Crippen molar-refractivity contribution in [2.75, 3.05) is 11.9 Å². The fraction of sp³-hybridized carbons (Fsp3) is 0.240. The number of hydrogen-bond acceptors (Lipinski definition) is 6. The van der Waals surface area contributed by atoms with Crippen molar-refractivity contribution >= 4 is 50.3 Å². The summed E-state index contributed by atoms with van der Waals surface area (Å²) in [4.78, 5) is 29.5. The summed E-state index contributed by atoms with van der Waals surface area (Å²) in [6.07, 6.45) is 2.25. The Labute approximate surface area is 207 Å². The Bertz CT molecular complexity index is 1470. The summed E-state index contributed by atoms with van der Waals surface area (Å²) in [5, 5.41) is 13.1. The van der Waals surface area contributed by atoms with Crippen molar-refractivity contribution in [3.8, 4) is 0 Å². The van der Waals surface area contributed by atoms with Gasteiger partial charge >= 0.3 is 5.97 Å². The van der Waals surface area contributed by atoms with Crippen LogP contribution < -0.4 is 5.32 Å². The van der Waals surface area contributed by atoms with Crippen molar-refractivity contribution in [3.63, 3.8) is 0 Å². The zero-order chi connectivity index (χ0) is 24.7. The Kier molecular flexibility index (Phi) is 6.12. The molecule has 0 fully saturated rings. The number of aromatic nitrogens is 1. The van der Waals surface area contributed by atoms with Gasteiger partial charge in [-0.2, -0.15) is 4.31 Å². The number of carboxylic acids is 1. The number of pyridine rings is 1. The van der Waals surface area contributed by atoms with Crippen LogP contribution in [0.4, 0.5) is 5.69 Å². The minimum absolute atomic E-state index is 0.0698. The van der Waals surface area contributed by atoms with Gasteiger partial charge < -0.3 is 10.4 Å². The highest BCUT2D eigenvalue weighted by Crippen LogP contribution is 2.53. The van der Waals surface area contributed by atoms with E-state index >= 15 is 0 Å². The molecule has 5 rings (SSSR count). The molecule has 2 unspecified atom stereocenters. The number of nitrogens with zero attached hydrogens (tertiary/aromatic N) is 2. The van der Waals surface area contributed by atoms with Gasteiger partial charge in [-0.25, -0.2) is 8.42 Å². The van der Waals surface area contributed by atoms with Crippen LogP contribution in [0, 0.1) is 0 Å². The number of benzene rings is 2. The molecule has 2 aliphatic heterocycles. The number of amides is 1. The van der Waals surface area contributed by atoms with E-state index in [1.807, 2.05) is 30.3 Å². The molecule has 2 atom stereocenters. The third-order valence-corrected chi connectivity index (χ3v) is 9.86. The van der Waals surface area contributed by atoms with Crippen LogP contribution in [0.3, 0.4) is 0 Å². The number of carbonyl (C=O) groups is 2. The predicted octanol–water partition coefficient (Wildman–Crippen LogP) is 4.39. The Morgan fingerprint density at radius 3 is 2.66 bits per heavy atom. The fourth-order valence-corrected chi connectivity index (χ4v) is 8.32. The van der Waals surface area contributed by atoms with E-state index in [1.54, 1.807) is 37.4 Å². The number of aliphatic carboxylic acids is 1. The zero-order valence-corrected chi connectivity index (χ0v) is 20.5. The molecule has 1 amide bonds. The number of thioether (sulfide) groups is 1. The quantitative estimate of drug-likeness (QED) is 0.506. The number of hydrogen-bond donors (Lipinski definition) is 2. The number of carbonyl (C=O) groups excluding carboxylic acids is 1. The first-order valence-corrected chi connectivity index (χ1v) is 13.5. The van der Waals surface area contributed by atoms with E-state index in [0.29, 0.717) is 22.6 Å². The van der Waals surface area contributed by atoms with Crippen molar-refractivity contribution in [1.29, 1.82) is 0 Å². The van der Waals surface area contributed by atoms with Gasteiger partial charge in [-0.15, -0.1) is 11.8 Å². The lowest BCUT2D eigenvalue weighted by Crippen LogP contribution is -2.42. The molecule has 3 heterocycles. The number of anilines is 1. The number of sulfonamides is 1. The highest BCUT2D eigenvalue weighted by Gasteiger charge is 2.47. The SMILES string of the molecule is CCC(C(=O)O)N1CC2=C(CC(c3ccc(NC(=O)c4ccc5ncccc5c4)cc3)S2)S1(=O)=O.